The number of likely N-dealkylation sites (tertiary alicyclic amines) is 1. The smallest absolute Gasteiger partial charge is 0.225 e. The molecule has 3 nitrogen and oxygen atoms in total. The van der Waals surface area contributed by atoms with Gasteiger partial charge in [0, 0.05) is 25.0 Å². The molecule has 1 atom stereocenters. The Balaban J connectivity index is 1.90. The van der Waals surface area contributed by atoms with Gasteiger partial charge in [-0.15, -0.1) is 0 Å². The molecule has 0 radical (unpaired) electrons. The van der Waals surface area contributed by atoms with Gasteiger partial charge >= 0.3 is 0 Å². The van der Waals surface area contributed by atoms with Crippen molar-refractivity contribution >= 4 is 5.91 Å². The third-order valence-electron chi connectivity index (χ3n) is 3.55. The Morgan fingerprint density at radius 1 is 1.36 bits per heavy atom. The van der Waals surface area contributed by atoms with Crippen molar-refractivity contribution in [3.05, 3.63) is 0 Å². The zero-order valence-corrected chi connectivity index (χ0v) is 8.96. The summed E-state index contributed by atoms with van der Waals surface area (Å²) in [6.07, 6.45) is 5.87. The first-order valence-corrected chi connectivity index (χ1v) is 5.78. The van der Waals surface area contributed by atoms with Crippen molar-refractivity contribution in [2.75, 3.05) is 20.1 Å². The fraction of sp³-hybridized carbons (Fsp3) is 0.909. The Hall–Kier alpha value is -0.570. The van der Waals surface area contributed by atoms with Crippen LogP contribution >= 0.6 is 0 Å². The summed E-state index contributed by atoms with van der Waals surface area (Å²) in [4.78, 5) is 14.1. The number of likely N-dealkylation sites (N-methyl/N-ethyl adjacent to an activating group) is 1. The van der Waals surface area contributed by atoms with Crippen molar-refractivity contribution in [1.82, 2.24) is 10.2 Å². The number of hydrogen-bond acceptors (Lipinski definition) is 2. The van der Waals surface area contributed by atoms with Crippen LogP contribution in [0.15, 0.2) is 0 Å². The van der Waals surface area contributed by atoms with Crippen LogP contribution in [0.4, 0.5) is 0 Å². The monoisotopic (exact) mass is 196 g/mol. The molecule has 2 aliphatic rings. The van der Waals surface area contributed by atoms with E-state index >= 15 is 0 Å². The van der Waals surface area contributed by atoms with Crippen LogP contribution in [-0.2, 0) is 4.79 Å². The molecule has 0 aromatic heterocycles. The molecule has 1 saturated heterocycles. The van der Waals surface area contributed by atoms with Gasteiger partial charge in [0.2, 0.25) is 5.91 Å². The van der Waals surface area contributed by atoms with Gasteiger partial charge in [0.05, 0.1) is 0 Å². The van der Waals surface area contributed by atoms with E-state index in [1.807, 2.05) is 7.05 Å². The molecule has 1 aliphatic heterocycles. The number of hydrogen-bond donors (Lipinski definition) is 1. The number of rotatable bonds is 3. The maximum absolute atomic E-state index is 12.0. The molecular weight excluding hydrogens is 176 g/mol. The minimum absolute atomic E-state index is 0.368. The number of carbonyl (C=O) groups excluding carboxylic acids is 1. The Morgan fingerprint density at radius 2 is 2.14 bits per heavy atom. The van der Waals surface area contributed by atoms with Gasteiger partial charge in [-0.2, -0.15) is 0 Å². The minimum Gasteiger partial charge on any atom is -0.338 e. The van der Waals surface area contributed by atoms with Crippen LogP contribution in [0.25, 0.3) is 0 Å². The molecule has 1 aliphatic carbocycles. The highest BCUT2D eigenvalue weighted by molar-refractivity contribution is 5.80. The van der Waals surface area contributed by atoms with Crippen LogP contribution in [0.3, 0.4) is 0 Å². The average Bonchev–Trinajstić information content (AvgIpc) is 2.49. The SMILES string of the molecule is CNCC1CCCN1C(=O)C1CCC1. The topological polar surface area (TPSA) is 32.3 Å². The molecule has 1 unspecified atom stereocenters. The molecular formula is C11H20N2O. The van der Waals surface area contributed by atoms with E-state index in [1.54, 1.807) is 0 Å². The van der Waals surface area contributed by atoms with E-state index in [2.05, 4.69) is 10.2 Å². The Morgan fingerprint density at radius 3 is 2.71 bits per heavy atom. The van der Waals surface area contributed by atoms with Gasteiger partial charge in [0.1, 0.15) is 0 Å². The summed E-state index contributed by atoms with van der Waals surface area (Å²) in [5.41, 5.74) is 0. The quantitative estimate of drug-likeness (QED) is 0.730. The lowest BCUT2D eigenvalue weighted by molar-refractivity contribution is -0.138. The van der Waals surface area contributed by atoms with Gasteiger partial charge in [-0.1, -0.05) is 6.42 Å². The molecule has 1 amide bonds. The lowest BCUT2D eigenvalue weighted by Crippen LogP contribution is -2.45. The van der Waals surface area contributed by atoms with E-state index in [9.17, 15) is 4.79 Å². The van der Waals surface area contributed by atoms with Crippen LogP contribution in [0.1, 0.15) is 32.1 Å². The van der Waals surface area contributed by atoms with E-state index < -0.39 is 0 Å². The number of nitrogens with one attached hydrogen (secondary N) is 1. The van der Waals surface area contributed by atoms with E-state index in [1.165, 1.54) is 19.3 Å². The summed E-state index contributed by atoms with van der Waals surface area (Å²) < 4.78 is 0. The zero-order chi connectivity index (χ0) is 9.97. The number of nitrogens with zero attached hydrogens (tertiary/aromatic N) is 1. The molecule has 0 spiro atoms. The van der Waals surface area contributed by atoms with Crippen molar-refractivity contribution in [3.63, 3.8) is 0 Å². The zero-order valence-electron chi connectivity index (χ0n) is 8.96. The molecule has 0 aromatic carbocycles. The molecule has 0 aromatic rings. The van der Waals surface area contributed by atoms with Crippen molar-refractivity contribution in [2.24, 2.45) is 5.92 Å². The fourth-order valence-electron chi connectivity index (χ4n) is 2.46. The van der Waals surface area contributed by atoms with E-state index in [0.717, 1.165) is 25.9 Å². The summed E-state index contributed by atoms with van der Waals surface area (Å²) in [6.45, 7) is 1.94. The van der Waals surface area contributed by atoms with Crippen LogP contribution in [0.2, 0.25) is 0 Å². The molecule has 2 fully saturated rings. The second kappa shape index (κ2) is 4.30. The summed E-state index contributed by atoms with van der Waals surface area (Å²) in [7, 11) is 1.96. The molecule has 1 saturated carbocycles. The van der Waals surface area contributed by atoms with Crippen LogP contribution < -0.4 is 5.32 Å². The molecule has 0 bridgehead atoms. The average molecular weight is 196 g/mol. The van der Waals surface area contributed by atoms with E-state index in [-0.39, 0.29) is 0 Å². The third-order valence-corrected chi connectivity index (χ3v) is 3.55. The van der Waals surface area contributed by atoms with Crippen LogP contribution in [0.5, 0.6) is 0 Å². The highest BCUT2D eigenvalue weighted by Gasteiger charge is 2.34. The van der Waals surface area contributed by atoms with Gasteiger partial charge in [0.15, 0.2) is 0 Å². The lowest BCUT2D eigenvalue weighted by atomic mass is 9.84. The van der Waals surface area contributed by atoms with Gasteiger partial charge in [-0.3, -0.25) is 4.79 Å². The van der Waals surface area contributed by atoms with Gasteiger partial charge < -0.3 is 10.2 Å². The molecule has 14 heavy (non-hydrogen) atoms. The summed E-state index contributed by atoms with van der Waals surface area (Å²) >= 11 is 0. The van der Waals surface area contributed by atoms with Gasteiger partial charge in [-0.25, -0.2) is 0 Å². The summed E-state index contributed by atoms with van der Waals surface area (Å²) in [5, 5.41) is 3.18. The van der Waals surface area contributed by atoms with Crippen LogP contribution in [-0.4, -0.2) is 37.0 Å². The minimum atomic E-state index is 0.368. The standard InChI is InChI=1S/C11H20N2O/c1-12-8-10-6-3-7-13(10)11(14)9-4-2-5-9/h9-10,12H,2-8H2,1H3. The second-order valence-electron chi connectivity index (χ2n) is 4.51. The van der Waals surface area contributed by atoms with E-state index in [0.29, 0.717) is 17.9 Å². The molecule has 1 N–H and O–H groups in total. The largest absolute Gasteiger partial charge is 0.338 e. The normalized spacial score (nSPS) is 27.8. The number of carbonyl (C=O) groups is 1. The number of amides is 1. The first-order valence-electron chi connectivity index (χ1n) is 5.78. The van der Waals surface area contributed by atoms with Crippen molar-refractivity contribution in [2.45, 2.75) is 38.1 Å². The Labute approximate surface area is 85.8 Å². The predicted molar refractivity (Wildman–Crippen MR) is 56.0 cm³/mol. The van der Waals surface area contributed by atoms with Gasteiger partial charge in [0.25, 0.3) is 0 Å². The van der Waals surface area contributed by atoms with E-state index in [4.69, 9.17) is 0 Å². The highest BCUT2D eigenvalue weighted by Crippen LogP contribution is 2.30. The third kappa shape index (κ3) is 1.78. The fourth-order valence-corrected chi connectivity index (χ4v) is 2.46. The lowest BCUT2D eigenvalue weighted by Gasteiger charge is -2.32. The molecule has 3 heteroatoms. The Bertz CT molecular complexity index is 213. The van der Waals surface area contributed by atoms with Crippen molar-refractivity contribution < 1.29 is 4.79 Å². The first-order chi connectivity index (χ1) is 6.83. The molecule has 1 heterocycles. The van der Waals surface area contributed by atoms with Crippen molar-refractivity contribution in [3.8, 4) is 0 Å². The maximum atomic E-state index is 12.0. The summed E-state index contributed by atoms with van der Waals surface area (Å²) in [5.74, 6) is 0.793. The molecule has 80 valence electrons. The van der Waals surface area contributed by atoms with Gasteiger partial charge in [-0.05, 0) is 32.7 Å². The first kappa shape index (κ1) is 9.97. The molecule has 2 rings (SSSR count). The van der Waals surface area contributed by atoms with Crippen LogP contribution in [0, 0.1) is 5.92 Å². The highest BCUT2D eigenvalue weighted by atomic mass is 16.2. The van der Waals surface area contributed by atoms with Crippen molar-refractivity contribution in [1.29, 1.82) is 0 Å². The predicted octanol–water partition coefficient (Wildman–Crippen LogP) is 0.997. The summed E-state index contributed by atoms with van der Waals surface area (Å²) in [6, 6.07) is 0.466. The second-order valence-corrected chi connectivity index (χ2v) is 4.51. The maximum Gasteiger partial charge on any atom is 0.225 e. The Kier molecular flexibility index (Phi) is 3.06.